The van der Waals surface area contributed by atoms with Crippen molar-refractivity contribution in [3.05, 3.63) is 41.0 Å². The van der Waals surface area contributed by atoms with Crippen molar-refractivity contribution in [2.45, 2.75) is 84.8 Å². The number of aryl methyl sites for hydroxylation is 1. The molecular weight excluding hydrogens is 498 g/mol. The normalized spacial score (nSPS) is 16.8. The van der Waals surface area contributed by atoms with Crippen molar-refractivity contribution in [2.24, 2.45) is 11.1 Å². The fraction of sp³-hybridized carbons (Fsp3) is 0.586. The highest BCUT2D eigenvalue weighted by Gasteiger charge is 2.40. The van der Waals surface area contributed by atoms with Crippen LogP contribution in [0.4, 0.5) is 0 Å². The molecule has 1 saturated heterocycles. The lowest BCUT2D eigenvalue weighted by atomic mass is 9.86. The zero-order valence-corrected chi connectivity index (χ0v) is 24.6. The van der Waals surface area contributed by atoms with Crippen molar-refractivity contribution < 1.29 is 14.4 Å². The van der Waals surface area contributed by atoms with Crippen molar-refractivity contribution in [3.63, 3.8) is 0 Å². The van der Waals surface area contributed by atoms with Crippen molar-refractivity contribution in [1.82, 2.24) is 20.5 Å². The molecule has 9 heteroatoms. The molecule has 1 aliphatic heterocycles. The fourth-order valence-electron chi connectivity index (χ4n) is 4.66. The number of nitrogens with zero attached hydrogens (tertiary/aromatic N) is 2. The Balaban J connectivity index is 0.000000638. The molecule has 0 saturated carbocycles. The number of carbonyl (C=O) groups is 3. The molecule has 0 bridgehead atoms. The maximum Gasteiger partial charge on any atom is 0.243 e. The number of likely N-dealkylation sites (tertiary alicyclic amines) is 1. The molecule has 0 spiro atoms. The van der Waals surface area contributed by atoms with E-state index in [-0.39, 0.29) is 29.3 Å². The molecule has 0 unspecified atom stereocenters. The van der Waals surface area contributed by atoms with Gasteiger partial charge in [-0.05, 0) is 69.7 Å². The molecule has 0 radical (unpaired) electrons. The van der Waals surface area contributed by atoms with Crippen molar-refractivity contribution in [1.29, 1.82) is 0 Å². The highest BCUT2D eigenvalue weighted by molar-refractivity contribution is 7.13. The number of aromatic nitrogens is 1. The summed E-state index contributed by atoms with van der Waals surface area (Å²) >= 11 is 1.63. The van der Waals surface area contributed by atoms with Gasteiger partial charge in [-0.2, -0.15) is 0 Å². The first kappa shape index (κ1) is 31.6. The third-order valence-electron chi connectivity index (χ3n) is 6.79. The minimum absolute atomic E-state index is 0.00424. The summed E-state index contributed by atoms with van der Waals surface area (Å²) in [5, 5.41) is 6.26. The first-order valence-electron chi connectivity index (χ1n) is 13.5. The molecule has 8 nitrogen and oxygen atoms in total. The summed E-state index contributed by atoms with van der Waals surface area (Å²) in [7, 11) is 1.80. The quantitative estimate of drug-likeness (QED) is 0.305. The Kier molecular flexibility index (Phi) is 12.5. The van der Waals surface area contributed by atoms with Crippen molar-refractivity contribution >= 4 is 29.4 Å². The largest absolute Gasteiger partial charge is 0.348 e. The molecule has 1 aromatic heterocycles. The highest BCUT2D eigenvalue weighted by atomic mass is 32.1. The Morgan fingerprint density at radius 3 is 2.45 bits per heavy atom. The molecule has 0 aliphatic carbocycles. The van der Waals surface area contributed by atoms with Gasteiger partial charge >= 0.3 is 0 Å². The number of hydrogen-bond acceptors (Lipinski definition) is 7. The van der Waals surface area contributed by atoms with Crippen LogP contribution in [0.1, 0.15) is 77.1 Å². The maximum atomic E-state index is 13.2. The Labute approximate surface area is 231 Å². The van der Waals surface area contributed by atoms with E-state index in [1.54, 1.807) is 23.3 Å². The molecule has 1 aromatic carbocycles. The molecule has 210 valence electrons. The molecule has 3 atom stereocenters. The summed E-state index contributed by atoms with van der Waals surface area (Å²) in [5.41, 5.74) is 9.99. The summed E-state index contributed by atoms with van der Waals surface area (Å²) in [5.74, 6) is -0.0749. The lowest BCUT2D eigenvalue weighted by Gasteiger charge is -2.35. The van der Waals surface area contributed by atoms with E-state index in [2.05, 4.69) is 27.8 Å². The number of nitrogens with two attached hydrogens (primary N) is 1. The van der Waals surface area contributed by atoms with Crippen LogP contribution in [0, 0.1) is 12.3 Å². The zero-order valence-electron chi connectivity index (χ0n) is 23.8. The summed E-state index contributed by atoms with van der Waals surface area (Å²) in [6.45, 7) is 11.4. The topological polar surface area (TPSA) is 117 Å². The average molecular weight is 544 g/mol. The summed E-state index contributed by atoms with van der Waals surface area (Å²) in [6, 6.07) is 7.38. The van der Waals surface area contributed by atoms with E-state index in [4.69, 9.17) is 5.73 Å². The van der Waals surface area contributed by atoms with Gasteiger partial charge in [0.1, 0.15) is 12.3 Å². The molecule has 2 heterocycles. The van der Waals surface area contributed by atoms with Gasteiger partial charge in [0.25, 0.3) is 0 Å². The van der Waals surface area contributed by atoms with Crippen LogP contribution in [0.15, 0.2) is 29.8 Å². The van der Waals surface area contributed by atoms with Crippen LogP contribution < -0.4 is 16.4 Å². The molecule has 2 aromatic rings. The molecule has 1 aliphatic rings. The van der Waals surface area contributed by atoms with Gasteiger partial charge in [-0.15, -0.1) is 11.3 Å². The highest BCUT2D eigenvalue weighted by Crippen LogP contribution is 2.29. The summed E-state index contributed by atoms with van der Waals surface area (Å²) in [4.78, 5) is 43.1. The lowest BCUT2D eigenvalue weighted by Crippen LogP contribution is -2.55. The van der Waals surface area contributed by atoms with E-state index in [1.807, 2.05) is 52.3 Å². The predicted octanol–water partition coefficient (Wildman–Crippen LogP) is 4.24. The van der Waals surface area contributed by atoms with Gasteiger partial charge < -0.3 is 26.1 Å². The Morgan fingerprint density at radius 2 is 1.92 bits per heavy atom. The Bertz CT molecular complexity index is 1030. The van der Waals surface area contributed by atoms with Crippen LogP contribution in [0.2, 0.25) is 0 Å². The number of benzene rings is 1. The summed E-state index contributed by atoms with van der Waals surface area (Å²) < 4.78 is 0. The number of nitrogens with one attached hydrogen (secondary N) is 2. The number of aldehydes is 1. The van der Waals surface area contributed by atoms with Gasteiger partial charge in [-0.1, -0.05) is 45.0 Å². The minimum Gasteiger partial charge on any atom is -0.348 e. The second kappa shape index (κ2) is 15.1. The standard InChI is InChI=1S/C24H34N4O2S.C5H11NO/c1-15(17-9-11-18(12-10-17)20-16(2)26-14-31-20)27-22(29)19-8-7-13-28(19)23(30)21(25-6)24(3,4)5;6-4-2-1-3-5-7/h9-12,14-15,19,21,25H,7-8,13H2,1-6H3,(H,27,29);5H,1-4,6H2/t15-,19-,21+;/m0./s1. The van der Waals surface area contributed by atoms with Gasteiger partial charge in [0, 0.05) is 13.0 Å². The van der Waals surface area contributed by atoms with Gasteiger partial charge in [0.05, 0.1) is 28.2 Å². The summed E-state index contributed by atoms with van der Waals surface area (Å²) in [6.07, 6.45) is 5.06. The van der Waals surface area contributed by atoms with Crippen LogP contribution in [-0.2, 0) is 14.4 Å². The van der Waals surface area contributed by atoms with Crippen LogP contribution in [0.25, 0.3) is 10.4 Å². The smallest absolute Gasteiger partial charge is 0.243 e. The minimum atomic E-state index is -0.410. The Morgan fingerprint density at radius 1 is 1.24 bits per heavy atom. The van der Waals surface area contributed by atoms with Gasteiger partial charge in [0.15, 0.2) is 0 Å². The molecule has 2 amide bonds. The third kappa shape index (κ3) is 8.71. The molecule has 3 rings (SSSR count). The number of likely N-dealkylation sites (N-methyl/N-ethyl adjacent to an activating group) is 1. The van der Waals surface area contributed by atoms with Crippen molar-refractivity contribution in [3.8, 4) is 10.4 Å². The van der Waals surface area contributed by atoms with Crippen molar-refractivity contribution in [2.75, 3.05) is 20.1 Å². The number of unbranched alkanes of at least 4 members (excludes halogenated alkanes) is 2. The lowest BCUT2D eigenvalue weighted by molar-refractivity contribution is -0.142. The van der Waals surface area contributed by atoms with Crippen LogP contribution in [0.5, 0.6) is 0 Å². The first-order chi connectivity index (χ1) is 18.0. The van der Waals surface area contributed by atoms with Gasteiger partial charge in [0.2, 0.25) is 11.8 Å². The van der Waals surface area contributed by atoms with E-state index in [0.29, 0.717) is 25.9 Å². The maximum absolute atomic E-state index is 13.2. The monoisotopic (exact) mass is 543 g/mol. The fourth-order valence-corrected chi connectivity index (χ4v) is 5.47. The van der Waals surface area contributed by atoms with E-state index in [1.165, 1.54) is 4.88 Å². The zero-order chi connectivity index (χ0) is 28.3. The predicted molar refractivity (Wildman–Crippen MR) is 155 cm³/mol. The van der Waals surface area contributed by atoms with E-state index in [9.17, 15) is 14.4 Å². The molecule has 1 fully saturated rings. The SMILES string of the molecule is CN[C@H](C(=O)N1CCC[C@H]1C(=O)N[C@@H](C)c1ccc(-c2scnc2C)cc1)C(C)(C)C.NCCCCC=O. The number of hydrogen-bond donors (Lipinski definition) is 3. The second-order valence-electron chi connectivity index (χ2n) is 10.8. The third-order valence-corrected chi connectivity index (χ3v) is 7.77. The van der Waals surface area contributed by atoms with E-state index >= 15 is 0 Å². The first-order valence-corrected chi connectivity index (χ1v) is 14.3. The molecular formula is C29H45N5O3S. The second-order valence-corrected chi connectivity index (χ2v) is 11.7. The van der Waals surface area contributed by atoms with E-state index < -0.39 is 6.04 Å². The molecule has 4 N–H and O–H groups in total. The Hall–Kier alpha value is -2.62. The number of amides is 2. The van der Waals surface area contributed by atoms with Crippen LogP contribution >= 0.6 is 11.3 Å². The van der Waals surface area contributed by atoms with Gasteiger partial charge in [-0.25, -0.2) is 4.98 Å². The van der Waals surface area contributed by atoms with Gasteiger partial charge in [-0.3, -0.25) is 9.59 Å². The number of carbonyl (C=O) groups excluding carboxylic acids is 3. The number of rotatable bonds is 10. The van der Waals surface area contributed by atoms with E-state index in [0.717, 1.165) is 42.4 Å². The average Bonchev–Trinajstić information content (AvgIpc) is 3.54. The van der Waals surface area contributed by atoms with Crippen LogP contribution in [-0.4, -0.2) is 60.2 Å². The van der Waals surface area contributed by atoms with Crippen LogP contribution in [0.3, 0.4) is 0 Å². The molecule has 38 heavy (non-hydrogen) atoms. The number of thiazole rings is 1.